The number of benzene rings is 2. The number of rotatable bonds is 7. The Morgan fingerprint density at radius 3 is 2.42 bits per heavy atom. The third-order valence-electron chi connectivity index (χ3n) is 4.23. The predicted molar refractivity (Wildman–Crippen MR) is 104 cm³/mol. The van der Waals surface area contributed by atoms with Gasteiger partial charge in [-0.25, -0.2) is 0 Å². The van der Waals surface area contributed by atoms with E-state index in [9.17, 15) is 0 Å². The molecule has 0 aromatic heterocycles. The zero-order valence-corrected chi connectivity index (χ0v) is 15.2. The number of anilines is 2. The first-order valence-electron chi connectivity index (χ1n) is 8.15. The summed E-state index contributed by atoms with van der Waals surface area (Å²) < 4.78 is 5.18. The molecule has 0 fully saturated rings. The van der Waals surface area contributed by atoms with Crippen LogP contribution in [0.25, 0.3) is 0 Å². The molecule has 0 spiro atoms. The minimum Gasteiger partial charge on any atom is -0.497 e. The number of hydrogen-bond donors (Lipinski definition) is 1. The Bertz CT molecular complexity index is 678. The molecule has 4 heteroatoms. The van der Waals surface area contributed by atoms with Crippen molar-refractivity contribution in [1.82, 2.24) is 0 Å². The lowest BCUT2D eigenvalue weighted by molar-refractivity contribution is 0.415. The normalized spacial score (nSPS) is 11.5. The molecule has 0 saturated carbocycles. The first-order valence-corrected chi connectivity index (χ1v) is 8.15. The Morgan fingerprint density at radius 2 is 1.79 bits per heavy atom. The van der Waals surface area contributed by atoms with Crippen LogP contribution in [0.3, 0.4) is 0 Å². The average Bonchev–Trinajstić information content (AvgIpc) is 2.61. The first kappa shape index (κ1) is 17.9. The highest BCUT2D eigenvalue weighted by Gasteiger charge is 2.22. The Labute approximate surface area is 145 Å². The average molecular weight is 325 g/mol. The maximum absolute atomic E-state index is 5.18. The molecule has 2 aromatic rings. The van der Waals surface area contributed by atoms with E-state index in [4.69, 9.17) is 4.74 Å². The molecule has 2 rings (SSSR count). The van der Waals surface area contributed by atoms with Gasteiger partial charge >= 0.3 is 0 Å². The highest BCUT2D eigenvalue weighted by molar-refractivity contribution is 5.65. The second-order valence-electron chi connectivity index (χ2n) is 6.40. The van der Waals surface area contributed by atoms with Crippen LogP contribution < -0.4 is 15.1 Å². The minimum absolute atomic E-state index is 0.00382. The van der Waals surface area contributed by atoms with Crippen LogP contribution in [0.15, 0.2) is 53.6 Å². The zero-order valence-electron chi connectivity index (χ0n) is 15.2. The van der Waals surface area contributed by atoms with Crippen LogP contribution in [0.2, 0.25) is 0 Å². The maximum Gasteiger partial charge on any atom is 0.119 e. The maximum atomic E-state index is 5.18. The molecule has 0 unspecified atom stereocenters. The third-order valence-corrected chi connectivity index (χ3v) is 4.23. The van der Waals surface area contributed by atoms with Crippen molar-refractivity contribution in [3.63, 3.8) is 0 Å². The van der Waals surface area contributed by atoms with Crippen molar-refractivity contribution in [3.05, 3.63) is 54.1 Å². The van der Waals surface area contributed by atoms with Crippen LogP contribution in [0.4, 0.5) is 11.4 Å². The van der Waals surface area contributed by atoms with Crippen molar-refractivity contribution in [1.29, 1.82) is 0 Å². The molecule has 0 amide bonds. The fraction of sp³-hybridized carbons (Fsp3) is 0.350. The van der Waals surface area contributed by atoms with Crippen molar-refractivity contribution >= 4 is 17.6 Å². The zero-order chi connectivity index (χ0) is 17.6. The van der Waals surface area contributed by atoms with Crippen LogP contribution in [0.1, 0.15) is 25.8 Å². The summed E-state index contributed by atoms with van der Waals surface area (Å²) in [5.74, 6) is 0.848. The second kappa shape index (κ2) is 7.86. The van der Waals surface area contributed by atoms with E-state index in [2.05, 4.69) is 48.5 Å². The molecular weight excluding hydrogens is 298 g/mol. The Morgan fingerprint density at radius 1 is 1.12 bits per heavy atom. The van der Waals surface area contributed by atoms with E-state index < -0.39 is 0 Å². The molecule has 0 radical (unpaired) electrons. The summed E-state index contributed by atoms with van der Waals surface area (Å²) >= 11 is 0. The number of para-hydroxylation sites is 1. The Hall–Kier alpha value is -2.49. The summed E-state index contributed by atoms with van der Waals surface area (Å²) in [5, 5.41) is 9.71. The first-order chi connectivity index (χ1) is 11.5. The molecule has 0 bridgehead atoms. The molecule has 0 heterocycles. The van der Waals surface area contributed by atoms with Gasteiger partial charge in [0.25, 0.3) is 0 Å². The van der Waals surface area contributed by atoms with Gasteiger partial charge in [-0.05, 0) is 47.7 Å². The van der Waals surface area contributed by atoms with Crippen molar-refractivity contribution in [2.45, 2.75) is 25.7 Å². The Balaban J connectivity index is 2.05. The molecule has 2 aromatic carbocycles. The summed E-state index contributed by atoms with van der Waals surface area (Å²) in [6.45, 7) is 4.48. The topological polar surface area (TPSA) is 36.9 Å². The lowest BCUT2D eigenvalue weighted by Gasteiger charge is -2.26. The monoisotopic (exact) mass is 325 g/mol. The number of nitrogens with one attached hydrogen (secondary N) is 1. The quantitative estimate of drug-likeness (QED) is 0.600. The lowest BCUT2D eigenvalue weighted by Crippen LogP contribution is -2.20. The van der Waals surface area contributed by atoms with Crippen molar-refractivity contribution in [3.8, 4) is 5.75 Å². The molecule has 24 heavy (non-hydrogen) atoms. The fourth-order valence-electron chi connectivity index (χ4n) is 2.66. The van der Waals surface area contributed by atoms with Gasteiger partial charge in [0.15, 0.2) is 0 Å². The standard InChI is InChI=1S/C20H27N3O/c1-20(2,18-8-6-7-9-19(18)21-3)14-15-22-23(4)16-10-12-17(24-5)13-11-16/h6-13,15,21H,14H2,1-5H3/b22-15+. The Kier molecular flexibility index (Phi) is 5.85. The van der Waals surface area contributed by atoms with Gasteiger partial charge in [-0.15, -0.1) is 0 Å². The van der Waals surface area contributed by atoms with E-state index in [1.165, 1.54) is 11.3 Å². The van der Waals surface area contributed by atoms with Gasteiger partial charge in [-0.2, -0.15) is 5.10 Å². The number of nitrogens with zero attached hydrogens (tertiary/aromatic N) is 2. The fourth-order valence-corrected chi connectivity index (χ4v) is 2.66. The highest BCUT2D eigenvalue weighted by Crippen LogP contribution is 2.32. The molecule has 0 aliphatic heterocycles. The van der Waals surface area contributed by atoms with E-state index in [0.29, 0.717) is 0 Å². The number of methoxy groups -OCH3 is 1. The van der Waals surface area contributed by atoms with Crippen molar-refractivity contribution in [2.75, 3.05) is 31.5 Å². The second-order valence-corrected chi connectivity index (χ2v) is 6.40. The molecule has 0 saturated heterocycles. The third kappa shape index (κ3) is 4.28. The molecule has 128 valence electrons. The van der Waals surface area contributed by atoms with Crippen LogP contribution in [0, 0.1) is 0 Å². The van der Waals surface area contributed by atoms with Gasteiger partial charge in [0.05, 0.1) is 12.8 Å². The molecule has 1 N–H and O–H groups in total. The molecule has 4 nitrogen and oxygen atoms in total. The van der Waals surface area contributed by atoms with E-state index in [0.717, 1.165) is 17.9 Å². The van der Waals surface area contributed by atoms with Crippen LogP contribution >= 0.6 is 0 Å². The van der Waals surface area contributed by atoms with E-state index in [-0.39, 0.29) is 5.41 Å². The molecule has 0 aliphatic carbocycles. The summed E-state index contributed by atoms with van der Waals surface area (Å²) in [7, 11) is 5.58. The van der Waals surface area contributed by atoms with Crippen molar-refractivity contribution < 1.29 is 4.74 Å². The summed E-state index contributed by atoms with van der Waals surface area (Å²) in [5.41, 5.74) is 3.50. The number of hydrazone groups is 1. The van der Waals surface area contributed by atoms with Gasteiger partial charge in [0.2, 0.25) is 0 Å². The minimum atomic E-state index is 0.00382. The van der Waals surface area contributed by atoms with Gasteiger partial charge in [-0.1, -0.05) is 32.0 Å². The number of hydrogen-bond acceptors (Lipinski definition) is 4. The summed E-state index contributed by atoms with van der Waals surface area (Å²) in [6, 6.07) is 16.3. The van der Waals surface area contributed by atoms with Gasteiger partial charge in [0, 0.05) is 26.0 Å². The van der Waals surface area contributed by atoms with Crippen LogP contribution in [-0.4, -0.2) is 27.4 Å². The largest absolute Gasteiger partial charge is 0.497 e. The van der Waals surface area contributed by atoms with Crippen LogP contribution in [0.5, 0.6) is 5.75 Å². The molecule has 0 atom stereocenters. The van der Waals surface area contributed by atoms with Gasteiger partial charge in [0.1, 0.15) is 5.75 Å². The SMILES string of the molecule is CNc1ccccc1C(C)(C)C/C=N/N(C)c1ccc(OC)cc1. The highest BCUT2D eigenvalue weighted by atomic mass is 16.5. The smallest absolute Gasteiger partial charge is 0.119 e. The predicted octanol–water partition coefficient (Wildman–Crippen LogP) is 4.53. The molecule has 0 aliphatic rings. The van der Waals surface area contributed by atoms with Gasteiger partial charge in [-0.3, -0.25) is 5.01 Å². The van der Waals surface area contributed by atoms with Gasteiger partial charge < -0.3 is 10.1 Å². The van der Waals surface area contributed by atoms with E-state index >= 15 is 0 Å². The summed E-state index contributed by atoms with van der Waals surface area (Å²) in [6.07, 6.45) is 2.84. The summed E-state index contributed by atoms with van der Waals surface area (Å²) in [4.78, 5) is 0. The molecular formula is C20H27N3O. The number of ether oxygens (including phenoxy) is 1. The lowest BCUT2D eigenvalue weighted by atomic mass is 9.81. The van der Waals surface area contributed by atoms with E-state index in [1.807, 2.05) is 49.6 Å². The van der Waals surface area contributed by atoms with E-state index in [1.54, 1.807) is 7.11 Å². The van der Waals surface area contributed by atoms with Crippen LogP contribution in [-0.2, 0) is 5.41 Å². The van der Waals surface area contributed by atoms with Crippen molar-refractivity contribution in [2.24, 2.45) is 5.10 Å².